The summed E-state index contributed by atoms with van der Waals surface area (Å²) >= 11 is 5.65. The van der Waals surface area contributed by atoms with E-state index in [1.807, 2.05) is 0 Å². The van der Waals surface area contributed by atoms with Gasteiger partial charge >= 0.3 is 6.09 Å². The SMILES string of the molecule is CC(C)(C)[C@@H](CN1CCOC1=O)NCl. The predicted octanol–water partition coefficient (Wildman–Crippen LogP) is 1.60. The first-order valence-electron chi connectivity index (χ1n) is 4.73. The van der Waals surface area contributed by atoms with Crippen molar-refractivity contribution in [3.63, 3.8) is 0 Å². The maximum Gasteiger partial charge on any atom is 0.409 e. The van der Waals surface area contributed by atoms with Crippen molar-refractivity contribution in [2.75, 3.05) is 19.7 Å². The minimum Gasteiger partial charge on any atom is -0.448 e. The Morgan fingerprint density at radius 3 is 2.64 bits per heavy atom. The van der Waals surface area contributed by atoms with Gasteiger partial charge in [0.2, 0.25) is 0 Å². The van der Waals surface area contributed by atoms with E-state index in [1.54, 1.807) is 4.90 Å². The third-order valence-corrected chi connectivity index (χ3v) is 2.69. The van der Waals surface area contributed by atoms with E-state index in [9.17, 15) is 4.79 Å². The highest BCUT2D eigenvalue weighted by molar-refractivity contribution is 6.13. The number of rotatable bonds is 3. The molecule has 1 heterocycles. The van der Waals surface area contributed by atoms with E-state index in [0.29, 0.717) is 19.7 Å². The van der Waals surface area contributed by atoms with Gasteiger partial charge in [-0.2, -0.15) is 0 Å². The van der Waals surface area contributed by atoms with Crippen LogP contribution in [0.2, 0.25) is 0 Å². The first kappa shape index (κ1) is 11.6. The molecule has 1 aliphatic rings. The van der Waals surface area contributed by atoms with Crippen LogP contribution in [0.25, 0.3) is 0 Å². The minimum absolute atomic E-state index is 0.0185. The van der Waals surface area contributed by atoms with Crippen LogP contribution in [0.15, 0.2) is 0 Å². The number of carbonyl (C=O) groups is 1. The molecule has 4 nitrogen and oxygen atoms in total. The quantitative estimate of drug-likeness (QED) is 0.735. The number of halogens is 1. The number of cyclic esters (lactones) is 1. The molecule has 0 spiro atoms. The molecule has 1 atom stereocenters. The van der Waals surface area contributed by atoms with Gasteiger partial charge in [-0.1, -0.05) is 20.8 Å². The number of hydrogen-bond donors (Lipinski definition) is 1. The van der Waals surface area contributed by atoms with Crippen LogP contribution in [0.5, 0.6) is 0 Å². The van der Waals surface area contributed by atoms with Crippen LogP contribution in [0.1, 0.15) is 20.8 Å². The number of amides is 1. The molecular weight excluding hydrogens is 204 g/mol. The van der Waals surface area contributed by atoms with Crippen molar-refractivity contribution in [3.05, 3.63) is 0 Å². The second-order valence-corrected chi connectivity index (χ2v) is 4.81. The Morgan fingerprint density at radius 1 is 1.64 bits per heavy atom. The minimum atomic E-state index is -0.244. The average molecular weight is 221 g/mol. The molecule has 0 aromatic heterocycles. The molecule has 0 radical (unpaired) electrons. The van der Waals surface area contributed by atoms with Gasteiger partial charge < -0.3 is 9.64 Å². The number of carbonyl (C=O) groups excluding carboxylic acids is 1. The zero-order chi connectivity index (χ0) is 10.8. The van der Waals surface area contributed by atoms with Crippen molar-refractivity contribution in [1.82, 2.24) is 9.74 Å². The maximum atomic E-state index is 11.2. The molecule has 1 N–H and O–H groups in total. The standard InChI is InChI=1S/C9H17ClN2O2/c1-9(2,3)7(11-10)6-12-4-5-14-8(12)13/h7,11H,4-6H2,1-3H3/t7-/m1/s1. The number of nitrogens with one attached hydrogen (secondary N) is 1. The van der Waals surface area contributed by atoms with Gasteiger partial charge in [0.05, 0.1) is 6.54 Å². The Labute approximate surface area is 89.7 Å². The van der Waals surface area contributed by atoms with Crippen molar-refractivity contribution in [3.8, 4) is 0 Å². The molecule has 82 valence electrons. The highest BCUT2D eigenvalue weighted by Gasteiger charge is 2.30. The molecule has 1 fully saturated rings. The molecule has 1 aliphatic heterocycles. The smallest absolute Gasteiger partial charge is 0.409 e. The average Bonchev–Trinajstić information content (AvgIpc) is 2.45. The van der Waals surface area contributed by atoms with E-state index in [2.05, 4.69) is 25.6 Å². The van der Waals surface area contributed by atoms with Crippen LogP contribution < -0.4 is 4.84 Å². The first-order chi connectivity index (χ1) is 6.45. The van der Waals surface area contributed by atoms with Gasteiger partial charge in [-0.05, 0) is 17.2 Å². The van der Waals surface area contributed by atoms with Gasteiger partial charge in [-0.25, -0.2) is 9.63 Å². The molecule has 5 heteroatoms. The molecule has 0 aromatic rings. The molecule has 1 rings (SSSR count). The Hall–Kier alpha value is -0.480. The molecule has 1 amide bonds. The lowest BCUT2D eigenvalue weighted by atomic mass is 9.87. The summed E-state index contributed by atoms with van der Waals surface area (Å²) in [7, 11) is 0. The molecule has 14 heavy (non-hydrogen) atoms. The molecule has 0 saturated carbocycles. The third-order valence-electron chi connectivity index (χ3n) is 2.42. The van der Waals surface area contributed by atoms with Crippen LogP contribution in [-0.4, -0.2) is 36.7 Å². The maximum absolute atomic E-state index is 11.2. The van der Waals surface area contributed by atoms with Crippen LogP contribution >= 0.6 is 11.8 Å². The van der Waals surface area contributed by atoms with Gasteiger partial charge in [0.25, 0.3) is 0 Å². The van der Waals surface area contributed by atoms with Gasteiger partial charge in [-0.3, -0.25) is 0 Å². The summed E-state index contributed by atoms with van der Waals surface area (Å²) in [5, 5.41) is 0. The zero-order valence-corrected chi connectivity index (χ0v) is 9.60. The van der Waals surface area contributed by atoms with Crippen LogP contribution in [0.3, 0.4) is 0 Å². The number of nitrogens with zero attached hydrogens (tertiary/aromatic N) is 1. The van der Waals surface area contributed by atoms with E-state index >= 15 is 0 Å². The van der Waals surface area contributed by atoms with Crippen molar-refractivity contribution >= 4 is 17.9 Å². The summed E-state index contributed by atoms with van der Waals surface area (Å²) in [4.78, 5) is 15.6. The lowest BCUT2D eigenvalue weighted by molar-refractivity contribution is 0.150. The lowest BCUT2D eigenvalue weighted by Crippen LogP contribution is -2.45. The first-order valence-corrected chi connectivity index (χ1v) is 5.11. The molecule has 0 unspecified atom stereocenters. The van der Waals surface area contributed by atoms with Gasteiger partial charge in [0, 0.05) is 12.6 Å². The van der Waals surface area contributed by atoms with Gasteiger partial charge in [0.1, 0.15) is 6.61 Å². The van der Waals surface area contributed by atoms with Gasteiger partial charge in [-0.15, -0.1) is 0 Å². The Bertz CT molecular complexity index is 215. The Kier molecular flexibility index (Phi) is 3.61. The van der Waals surface area contributed by atoms with E-state index < -0.39 is 0 Å². The largest absolute Gasteiger partial charge is 0.448 e. The summed E-state index contributed by atoms with van der Waals surface area (Å²) in [5.41, 5.74) is 0.0185. The summed E-state index contributed by atoms with van der Waals surface area (Å²) in [6.45, 7) is 7.96. The van der Waals surface area contributed by atoms with Crippen molar-refractivity contribution in [1.29, 1.82) is 0 Å². The summed E-state index contributed by atoms with van der Waals surface area (Å²) in [6.07, 6.45) is -0.244. The monoisotopic (exact) mass is 220 g/mol. The predicted molar refractivity (Wildman–Crippen MR) is 55.2 cm³/mol. The van der Waals surface area contributed by atoms with Crippen molar-refractivity contribution in [2.24, 2.45) is 5.41 Å². The lowest BCUT2D eigenvalue weighted by Gasteiger charge is -2.31. The molecule has 0 aromatic carbocycles. The summed E-state index contributed by atoms with van der Waals surface area (Å²) in [6, 6.07) is 0.0646. The molecule has 1 saturated heterocycles. The Balaban J connectivity index is 2.52. The fourth-order valence-corrected chi connectivity index (χ4v) is 1.68. The highest BCUT2D eigenvalue weighted by atomic mass is 35.5. The second kappa shape index (κ2) is 4.36. The van der Waals surface area contributed by atoms with Crippen molar-refractivity contribution in [2.45, 2.75) is 26.8 Å². The normalized spacial score (nSPS) is 19.7. The molecule has 0 bridgehead atoms. The van der Waals surface area contributed by atoms with E-state index in [0.717, 1.165) is 0 Å². The molecular formula is C9H17ClN2O2. The van der Waals surface area contributed by atoms with Gasteiger partial charge in [0.15, 0.2) is 0 Å². The Morgan fingerprint density at radius 2 is 2.29 bits per heavy atom. The third kappa shape index (κ3) is 2.75. The van der Waals surface area contributed by atoms with E-state index in [4.69, 9.17) is 16.5 Å². The number of hydrogen-bond acceptors (Lipinski definition) is 3. The zero-order valence-electron chi connectivity index (χ0n) is 8.84. The molecule has 0 aliphatic carbocycles. The summed E-state index contributed by atoms with van der Waals surface area (Å²) < 4.78 is 4.84. The summed E-state index contributed by atoms with van der Waals surface area (Å²) in [5.74, 6) is 0. The van der Waals surface area contributed by atoms with Crippen LogP contribution in [0.4, 0.5) is 4.79 Å². The fraction of sp³-hybridized carbons (Fsp3) is 0.889. The number of ether oxygens (including phenoxy) is 1. The van der Waals surface area contributed by atoms with E-state index in [1.165, 1.54) is 0 Å². The fourth-order valence-electron chi connectivity index (χ4n) is 1.28. The van der Waals surface area contributed by atoms with Crippen LogP contribution in [0, 0.1) is 5.41 Å². The topological polar surface area (TPSA) is 41.6 Å². The second-order valence-electron chi connectivity index (χ2n) is 4.59. The van der Waals surface area contributed by atoms with Crippen LogP contribution in [-0.2, 0) is 4.74 Å². The van der Waals surface area contributed by atoms with E-state index in [-0.39, 0.29) is 17.6 Å². The highest BCUT2D eigenvalue weighted by Crippen LogP contribution is 2.21. The van der Waals surface area contributed by atoms with Crippen molar-refractivity contribution < 1.29 is 9.53 Å².